The zero-order valence-electron chi connectivity index (χ0n) is 12.0. The van der Waals surface area contributed by atoms with E-state index in [1.165, 1.54) is 11.1 Å². The molecule has 3 rings (SSSR count). The van der Waals surface area contributed by atoms with Crippen LogP contribution in [0.5, 0.6) is 0 Å². The molecule has 2 heterocycles. The van der Waals surface area contributed by atoms with Crippen LogP contribution in [-0.2, 0) is 19.5 Å². The molecule has 0 saturated carbocycles. The van der Waals surface area contributed by atoms with Crippen LogP contribution in [-0.4, -0.2) is 28.5 Å². The van der Waals surface area contributed by atoms with Crippen molar-refractivity contribution in [3.05, 3.63) is 53.6 Å². The molecule has 5 heteroatoms. The van der Waals surface area contributed by atoms with E-state index < -0.39 is 0 Å². The number of imidazole rings is 1. The molecule has 0 unspecified atom stereocenters. The minimum Gasteiger partial charge on any atom is -0.352 e. The maximum Gasteiger partial charge on any atom is 0.251 e. The second-order valence-electron chi connectivity index (χ2n) is 5.32. The lowest BCUT2D eigenvalue weighted by Gasteiger charge is -2.17. The molecule has 0 spiro atoms. The van der Waals surface area contributed by atoms with Crippen LogP contribution in [0.1, 0.15) is 27.9 Å². The number of benzene rings is 1. The predicted molar refractivity (Wildman–Crippen MR) is 81.0 cm³/mol. The van der Waals surface area contributed by atoms with Crippen LogP contribution in [0.3, 0.4) is 0 Å². The van der Waals surface area contributed by atoms with E-state index in [0.717, 1.165) is 38.0 Å². The molecule has 0 bridgehead atoms. The van der Waals surface area contributed by atoms with Crippen molar-refractivity contribution in [2.45, 2.75) is 25.9 Å². The molecule has 1 aromatic carbocycles. The minimum atomic E-state index is 0.00834. The van der Waals surface area contributed by atoms with Crippen molar-refractivity contribution in [3.63, 3.8) is 0 Å². The normalized spacial score (nSPS) is 13.7. The Hall–Kier alpha value is -2.14. The SMILES string of the molecule is O=C(NCCCn1ccnc1)c1ccc2c(c1)CNCC2. The zero-order chi connectivity index (χ0) is 14.5. The fourth-order valence-corrected chi connectivity index (χ4v) is 2.61. The van der Waals surface area contributed by atoms with Crippen molar-refractivity contribution < 1.29 is 4.79 Å². The molecule has 0 saturated heterocycles. The lowest BCUT2D eigenvalue weighted by molar-refractivity contribution is 0.0952. The summed E-state index contributed by atoms with van der Waals surface area (Å²) in [6, 6.07) is 6.01. The number of nitrogens with zero attached hydrogens (tertiary/aromatic N) is 2. The van der Waals surface area contributed by atoms with E-state index in [4.69, 9.17) is 0 Å². The van der Waals surface area contributed by atoms with Crippen LogP contribution in [0.25, 0.3) is 0 Å². The number of hydrogen-bond acceptors (Lipinski definition) is 3. The first kappa shape index (κ1) is 13.8. The maximum absolute atomic E-state index is 12.1. The van der Waals surface area contributed by atoms with E-state index in [1.54, 1.807) is 12.5 Å². The Bertz CT molecular complexity index is 607. The first-order valence-corrected chi connectivity index (χ1v) is 7.39. The van der Waals surface area contributed by atoms with Crippen LogP contribution in [0.2, 0.25) is 0 Å². The fraction of sp³-hybridized carbons (Fsp3) is 0.375. The number of carbonyl (C=O) groups is 1. The molecule has 110 valence electrons. The molecule has 1 aliphatic rings. The number of carbonyl (C=O) groups excluding carboxylic acids is 1. The molecule has 1 aromatic heterocycles. The van der Waals surface area contributed by atoms with Crippen LogP contribution in [0, 0.1) is 0 Å². The number of rotatable bonds is 5. The Balaban J connectivity index is 1.51. The van der Waals surface area contributed by atoms with Gasteiger partial charge in [0.05, 0.1) is 6.33 Å². The number of aryl methyl sites for hydroxylation is 1. The molecule has 21 heavy (non-hydrogen) atoms. The summed E-state index contributed by atoms with van der Waals surface area (Å²) in [5.41, 5.74) is 3.35. The van der Waals surface area contributed by atoms with E-state index >= 15 is 0 Å². The third-order valence-corrected chi connectivity index (χ3v) is 3.79. The van der Waals surface area contributed by atoms with Crippen LogP contribution in [0.4, 0.5) is 0 Å². The van der Waals surface area contributed by atoms with Gasteiger partial charge in [0.25, 0.3) is 5.91 Å². The van der Waals surface area contributed by atoms with Crippen molar-refractivity contribution in [2.75, 3.05) is 13.1 Å². The van der Waals surface area contributed by atoms with Gasteiger partial charge < -0.3 is 15.2 Å². The van der Waals surface area contributed by atoms with Gasteiger partial charge >= 0.3 is 0 Å². The quantitative estimate of drug-likeness (QED) is 0.815. The van der Waals surface area contributed by atoms with Crippen LogP contribution in [0.15, 0.2) is 36.9 Å². The Morgan fingerprint density at radius 2 is 2.33 bits per heavy atom. The van der Waals surface area contributed by atoms with Gasteiger partial charge in [-0.2, -0.15) is 0 Å². The number of fused-ring (bicyclic) bond motifs is 1. The maximum atomic E-state index is 12.1. The summed E-state index contributed by atoms with van der Waals surface area (Å²) < 4.78 is 2.01. The van der Waals surface area contributed by atoms with Crippen molar-refractivity contribution in [1.29, 1.82) is 0 Å². The van der Waals surface area contributed by atoms with E-state index in [9.17, 15) is 4.79 Å². The van der Waals surface area contributed by atoms with E-state index in [2.05, 4.69) is 21.7 Å². The highest BCUT2D eigenvalue weighted by Gasteiger charge is 2.12. The summed E-state index contributed by atoms with van der Waals surface area (Å²) in [7, 11) is 0. The largest absolute Gasteiger partial charge is 0.352 e. The summed E-state index contributed by atoms with van der Waals surface area (Å²) in [6.07, 6.45) is 7.42. The van der Waals surface area contributed by atoms with Crippen molar-refractivity contribution >= 4 is 5.91 Å². The topological polar surface area (TPSA) is 59.0 Å². The second kappa shape index (κ2) is 6.54. The fourth-order valence-electron chi connectivity index (χ4n) is 2.61. The smallest absolute Gasteiger partial charge is 0.251 e. The Kier molecular flexibility index (Phi) is 4.31. The van der Waals surface area contributed by atoms with Crippen LogP contribution >= 0.6 is 0 Å². The summed E-state index contributed by atoms with van der Waals surface area (Å²) in [5, 5.41) is 6.31. The van der Waals surface area contributed by atoms with Gasteiger partial charge in [-0.15, -0.1) is 0 Å². The molecule has 0 atom stereocenters. The van der Waals surface area contributed by atoms with E-state index in [-0.39, 0.29) is 5.91 Å². The molecule has 5 nitrogen and oxygen atoms in total. The first-order valence-electron chi connectivity index (χ1n) is 7.39. The highest BCUT2D eigenvalue weighted by molar-refractivity contribution is 5.94. The van der Waals surface area contributed by atoms with Gasteiger partial charge in [-0.3, -0.25) is 4.79 Å². The molecule has 0 radical (unpaired) electrons. The number of hydrogen-bond donors (Lipinski definition) is 2. The third kappa shape index (κ3) is 3.49. The van der Waals surface area contributed by atoms with Crippen molar-refractivity contribution in [3.8, 4) is 0 Å². The van der Waals surface area contributed by atoms with Gasteiger partial charge in [0, 0.05) is 37.6 Å². The summed E-state index contributed by atoms with van der Waals surface area (Å²) in [5.74, 6) is 0.00834. The molecule has 2 aromatic rings. The lowest BCUT2D eigenvalue weighted by atomic mass is 9.98. The van der Waals surface area contributed by atoms with E-state index in [0.29, 0.717) is 6.54 Å². The second-order valence-corrected chi connectivity index (χ2v) is 5.32. The van der Waals surface area contributed by atoms with Gasteiger partial charge in [-0.1, -0.05) is 6.07 Å². The van der Waals surface area contributed by atoms with Crippen LogP contribution < -0.4 is 10.6 Å². The standard InChI is InChI=1S/C16H20N4O/c21-16(19-5-1-8-20-9-7-18-12-20)14-3-2-13-4-6-17-11-15(13)10-14/h2-3,7,9-10,12,17H,1,4-6,8,11H2,(H,19,21). The predicted octanol–water partition coefficient (Wildman–Crippen LogP) is 1.35. The van der Waals surface area contributed by atoms with Gasteiger partial charge in [0.15, 0.2) is 0 Å². The monoisotopic (exact) mass is 284 g/mol. The zero-order valence-corrected chi connectivity index (χ0v) is 12.0. The molecular weight excluding hydrogens is 264 g/mol. The average molecular weight is 284 g/mol. The lowest BCUT2D eigenvalue weighted by Crippen LogP contribution is -2.27. The van der Waals surface area contributed by atoms with Gasteiger partial charge in [0.2, 0.25) is 0 Å². The Labute approximate surface area is 124 Å². The van der Waals surface area contributed by atoms with Crippen molar-refractivity contribution in [2.24, 2.45) is 0 Å². The molecular formula is C16H20N4O. The summed E-state index contributed by atoms with van der Waals surface area (Å²) in [4.78, 5) is 16.1. The van der Waals surface area contributed by atoms with Crippen molar-refractivity contribution in [1.82, 2.24) is 20.2 Å². The molecule has 1 amide bonds. The molecule has 0 aliphatic carbocycles. The minimum absolute atomic E-state index is 0.00834. The van der Waals surface area contributed by atoms with Gasteiger partial charge in [0.1, 0.15) is 0 Å². The molecule has 2 N–H and O–H groups in total. The molecule has 1 aliphatic heterocycles. The number of nitrogens with one attached hydrogen (secondary N) is 2. The highest BCUT2D eigenvalue weighted by atomic mass is 16.1. The molecule has 0 fully saturated rings. The number of amides is 1. The number of aromatic nitrogens is 2. The third-order valence-electron chi connectivity index (χ3n) is 3.79. The first-order chi connectivity index (χ1) is 10.3. The Morgan fingerprint density at radius 1 is 1.38 bits per heavy atom. The average Bonchev–Trinajstić information content (AvgIpc) is 3.04. The van der Waals surface area contributed by atoms with Gasteiger partial charge in [-0.05, 0) is 42.6 Å². The summed E-state index contributed by atoms with van der Waals surface area (Å²) in [6.45, 7) is 3.42. The Morgan fingerprint density at radius 3 is 3.19 bits per heavy atom. The highest BCUT2D eigenvalue weighted by Crippen LogP contribution is 2.15. The van der Waals surface area contributed by atoms with E-state index in [1.807, 2.05) is 22.9 Å². The van der Waals surface area contributed by atoms with Gasteiger partial charge in [-0.25, -0.2) is 4.98 Å². The summed E-state index contributed by atoms with van der Waals surface area (Å²) >= 11 is 0.